The molecule has 0 radical (unpaired) electrons. The molecule has 0 unspecified atom stereocenters. The van der Waals surface area contributed by atoms with Gasteiger partial charge in [-0.25, -0.2) is 14.8 Å². The second kappa shape index (κ2) is 10.2. The SMILES string of the molecule is O=C(O)[C@H](Cc1ccccc1)Nc1cc(-c2ccc(C=Cc3ccccc3)cc2)ncn1. The molecule has 0 amide bonds. The predicted molar refractivity (Wildman–Crippen MR) is 128 cm³/mol. The molecule has 0 saturated carbocycles. The quantitative estimate of drug-likeness (QED) is 0.372. The van der Waals surface area contributed by atoms with Gasteiger partial charge in [-0.15, -0.1) is 0 Å². The van der Waals surface area contributed by atoms with Gasteiger partial charge in [0.2, 0.25) is 0 Å². The largest absolute Gasteiger partial charge is 0.480 e. The average molecular weight is 422 g/mol. The fraction of sp³-hybridized carbons (Fsp3) is 0.0741. The first-order valence-electron chi connectivity index (χ1n) is 10.4. The van der Waals surface area contributed by atoms with Gasteiger partial charge in [-0.2, -0.15) is 0 Å². The van der Waals surface area contributed by atoms with E-state index in [0.717, 1.165) is 27.9 Å². The second-order valence-corrected chi connectivity index (χ2v) is 7.38. The summed E-state index contributed by atoms with van der Waals surface area (Å²) in [7, 11) is 0. The minimum absolute atomic E-state index is 0.359. The summed E-state index contributed by atoms with van der Waals surface area (Å²) in [4.78, 5) is 20.3. The zero-order valence-corrected chi connectivity index (χ0v) is 17.4. The number of hydrogen-bond acceptors (Lipinski definition) is 4. The van der Waals surface area contributed by atoms with Crippen LogP contribution < -0.4 is 5.32 Å². The zero-order chi connectivity index (χ0) is 22.2. The van der Waals surface area contributed by atoms with E-state index < -0.39 is 12.0 Å². The summed E-state index contributed by atoms with van der Waals surface area (Å²) < 4.78 is 0. The molecule has 0 spiro atoms. The van der Waals surface area contributed by atoms with Gasteiger partial charge in [0, 0.05) is 18.1 Å². The highest BCUT2D eigenvalue weighted by Gasteiger charge is 2.18. The van der Waals surface area contributed by atoms with E-state index in [2.05, 4.69) is 39.6 Å². The third-order valence-corrected chi connectivity index (χ3v) is 5.04. The normalized spacial score (nSPS) is 11.9. The van der Waals surface area contributed by atoms with Gasteiger partial charge in [0.05, 0.1) is 5.69 Å². The van der Waals surface area contributed by atoms with Crippen molar-refractivity contribution in [3.63, 3.8) is 0 Å². The molecule has 5 nitrogen and oxygen atoms in total. The van der Waals surface area contributed by atoms with E-state index in [-0.39, 0.29) is 0 Å². The maximum Gasteiger partial charge on any atom is 0.326 e. The third kappa shape index (κ3) is 5.67. The van der Waals surface area contributed by atoms with Crippen LogP contribution in [0.4, 0.5) is 5.82 Å². The minimum Gasteiger partial charge on any atom is -0.480 e. The molecule has 2 N–H and O–H groups in total. The summed E-state index contributed by atoms with van der Waals surface area (Å²) in [5.74, 6) is -0.449. The van der Waals surface area contributed by atoms with E-state index in [0.29, 0.717) is 12.2 Å². The first kappa shape index (κ1) is 21.0. The molecule has 1 aromatic heterocycles. The van der Waals surface area contributed by atoms with Crippen LogP contribution >= 0.6 is 0 Å². The van der Waals surface area contributed by atoms with Crippen LogP contribution in [0.1, 0.15) is 16.7 Å². The highest BCUT2D eigenvalue weighted by Crippen LogP contribution is 2.21. The summed E-state index contributed by atoms with van der Waals surface area (Å²) in [5, 5.41) is 12.7. The van der Waals surface area contributed by atoms with E-state index in [1.165, 1.54) is 6.33 Å². The molecule has 4 aromatic rings. The maximum atomic E-state index is 11.8. The van der Waals surface area contributed by atoms with Crippen molar-refractivity contribution >= 4 is 23.9 Å². The van der Waals surface area contributed by atoms with E-state index in [9.17, 15) is 9.90 Å². The lowest BCUT2D eigenvalue weighted by atomic mass is 10.1. The molecule has 5 heteroatoms. The lowest BCUT2D eigenvalue weighted by Gasteiger charge is -2.15. The van der Waals surface area contributed by atoms with Gasteiger partial charge in [-0.1, -0.05) is 97.1 Å². The van der Waals surface area contributed by atoms with E-state index in [1.54, 1.807) is 6.07 Å². The van der Waals surface area contributed by atoms with Gasteiger partial charge >= 0.3 is 5.97 Å². The summed E-state index contributed by atoms with van der Waals surface area (Å²) in [6, 6.07) is 28.7. The Morgan fingerprint density at radius 1 is 0.844 bits per heavy atom. The smallest absolute Gasteiger partial charge is 0.326 e. The molecule has 4 rings (SSSR count). The van der Waals surface area contributed by atoms with Crippen LogP contribution in [0.25, 0.3) is 23.4 Å². The molecule has 3 aromatic carbocycles. The van der Waals surface area contributed by atoms with Crippen LogP contribution in [-0.4, -0.2) is 27.1 Å². The Hall–Kier alpha value is -4.25. The molecule has 0 aliphatic carbocycles. The van der Waals surface area contributed by atoms with Gasteiger partial charge in [-0.3, -0.25) is 0 Å². The number of carbonyl (C=O) groups is 1. The standard InChI is InChI=1S/C27H23N3O2/c31-27(32)25(17-22-9-5-2-6-10-22)30-26-18-24(28-19-29-26)23-15-13-21(14-16-23)12-11-20-7-3-1-4-8-20/h1-16,18-19,25H,17H2,(H,31,32)(H,28,29,30)/t25-/m0/s1. The van der Waals surface area contributed by atoms with Crippen LogP contribution in [0.3, 0.4) is 0 Å². The molecule has 158 valence electrons. The van der Waals surface area contributed by atoms with Crippen molar-refractivity contribution in [1.29, 1.82) is 0 Å². The summed E-state index contributed by atoms with van der Waals surface area (Å²) >= 11 is 0. The van der Waals surface area contributed by atoms with Crippen molar-refractivity contribution < 1.29 is 9.90 Å². The Bertz CT molecular complexity index is 1190. The number of aromatic nitrogens is 2. The number of hydrogen-bond donors (Lipinski definition) is 2. The number of carboxylic acids is 1. The molecular formula is C27H23N3O2. The van der Waals surface area contributed by atoms with Crippen LogP contribution in [-0.2, 0) is 11.2 Å². The predicted octanol–water partition coefficient (Wildman–Crippen LogP) is 5.42. The Morgan fingerprint density at radius 3 is 2.12 bits per heavy atom. The van der Waals surface area contributed by atoms with Gasteiger partial charge in [-0.05, 0) is 16.7 Å². The molecular weight excluding hydrogens is 398 g/mol. The maximum absolute atomic E-state index is 11.8. The van der Waals surface area contributed by atoms with Crippen molar-refractivity contribution in [2.45, 2.75) is 12.5 Å². The molecule has 0 aliphatic heterocycles. The Labute approximate surface area is 187 Å². The molecule has 0 saturated heterocycles. The lowest BCUT2D eigenvalue weighted by molar-refractivity contribution is -0.137. The fourth-order valence-corrected chi connectivity index (χ4v) is 3.34. The molecule has 1 atom stereocenters. The zero-order valence-electron chi connectivity index (χ0n) is 17.4. The fourth-order valence-electron chi connectivity index (χ4n) is 3.34. The topological polar surface area (TPSA) is 75.1 Å². The molecule has 1 heterocycles. The first-order chi connectivity index (χ1) is 15.7. The number of benzene rings is 3. The van der Waals surface area contributed by atoms with Gasteiger partial charge in [0.15, 0.2) is 0 Å². The van der Waals surface area contributed by atoms with Crippen LogP contribution in [0, 0.1) is 0 Å². The molecule has 0 aliphatic rings. The Balaban J connectivity index is 1.47. The molecule has 0 fully saturated rings. The summed E-state index contributed by atoms with van der Waals surface area (Å²) in [6.07, 6.45) is 5.94. The van der Waals surface area contributed by atoms with Crippen molar-refractivity contribution in [3.05, 3.63) is 114 Å². The molecule has 0 bridgehead atoms. The van der Waals surface area contributed by atoms with Crippen LogP contribution in [0.2, 0.25) is 0 Å². The summed E-state index contributed by atoms with van der Waals surface area (Å²) in [6.45, 7) is 0. The number of rotatable bonds is 8. The highest BCUT2D eigenvalue weighted by molar-refractivity contribution is 5.78. The van der Waals surface area contributed by atoms with Crippen LogP contribution in [0.15, 0.2) is 97.3 Å². The minimum atomic E-state index is -0.927. The van der Waals surface area contributed by atoms with Gasteiger partial charge in [0.1, 0.15) is 18.2 Å². The van der Waals surface area contributed by atoms with Crippen molar-refractivity contribution in [2.75, 3.05) is 5.32 Å². The van der Waals surface area contributed by atoms with E-state index in [1.807, 2.05) is 72.8 Å². The van der Waals surface area contributed by atoms with Crippen molar-refractivity contribution in [3.8, 4) is 11.3 Å². The number of anilines is 1. The van der Waals surface area contributed by atoms with Gasteiger partial charge < -0.3 is 10.4 Å². The highest BCUT2D eigenvalue weighted by atomic mass is 16.4. The van der Waals surface area contributed by atoms with E-state index in [4.69, 9.17) is 0 Å². The molecule has 32 heavy (non-hydrogen) atoms. The summed E-state index contributed by atoms with van der Waals surface area (Å²) in [5.41, 5.74) is 4.83. The van der Waals surface area contributed by atoms with Gasteiger partial charge in [0.25, 0.3) is 0 Å². The lowest BCUT2D eigenvalue weighted by Crippen LogP contribution is -2.31. The number of nitrogens with zero attached hydrogens (tertiary/aromatic N) is 2. The van der Waals surface area contributed by atoms with Crippen molar-refractivity contribution in [1.82, 2.24) is 9.97 Å². The van der Waals surface area contributed by atoms with Crippen molar-refractivity contribution in [2.24, 2.45) is 0 Å². The average Bonchev–Trinajstić information content (AvgIpc) is 2.84. The Morgan fingerprint density at radius 2 is 1.47 bits per heavy atom. The van der Waals surface area contributed by atoms with Crippen LogP contribution in [0.5, 0.6) is 0 Å². The first-order valence-corrected chi connectivity index (χ1v) is 10.4. The number of carboxylic acid groups (broad SMARTS) is 1. The second-order valence-electron chi connectivity index (χ2n) is 7.38. The Kier molecular flexibility index (Phi) is 6.68. The number of nitrogens with one attached hydrogen (secondary N) is 1. The number of aliphatic carboxylic acids is 1. The third-order valence-electron chi connectivity index (χ3n) is 5.04. The monoisotopic (exact) mass is 421 g/mol. The van der Waals surface area contributed by atoms with E-state index >= 15 is 0 Å².